The van der Waals surface area contributed by atoms with Crippen molar-refractivity contribution in [2.24, 2.45) is 10.9 Å². The highest BCUT2D eigenvalue weighted by Crippen LogP contribution is 2.07. The van der Waals surface area contributed by atoms with Gasteiger partial charge in [-0.3, -0.25) is 9.69 Å². The molecule has 1 unspecified atom stereocenters. The quantitative estimate of drug-likeness (QED) is 0.244. The fourth-order valence-corrected chi connectivity index (χ4v) is 3.34. The molecule has 1 saturated heterocycles. The third-order valence-corrected chi connectivity index (χ3v) is 4.65. The van der Waals surface area contributed by atoms with Gasteiger partial charge in [-0.1, -0.05) is 44.2 Å². The highest BCUT2D eigenvalue weighted by Gasteiger charge is 2.21. The predicted octanol–water partition coefficient (Wildman–Crippen LogP) is 1.88. The van der Waals surface area contributed by atoms with E-state index in [4.69, 9.17) is 4.74 Å². The van der Waals surface area contributed by atoms with E-state index in [1.165, 1.54) is 5.56 Å². The average Bonchev–Trinajstić information content (AvgIpc) is 2.71. The lowest BCUT2D eigenvalue weighted by atomic mass is 10.1. The second kappa shape index (κ2) is 15.4. The summed E-state index contributed by atoms with van der Waals surface area (Å²) in [6, 6.07) is 10.1. The highest BCUT2D eigenvalue weighted by molar-refractivity contribution is 14.0. The average molecular weight is 531 g/mol. The molecule has 0 bridgehead atoms. The van der Waals surface area contributed by atoms with E-state index < -0.39 is 0 Å². The molecule has 1 aromatic rings. The van der Waals surface area contributed by atoms with E-state index in [0.717, 1.165) is 39.2 Å². The van der Waals surface area contributed by atoms with Crippen molar-refractivity contribution in [1.82, 2.24) is 20.9 Å². The van der Waals surface area contributed by atoms with E-state index in [0.29, 0.717) is 25.0 Å². The van der Waals surface area contributed by atoms with Gasteiger partial charge in [-0.15, -0.1) is 24.0 Å². The number of hydrogen-bond donors (Lipinski definition) is 3. The minimum absolute atomic E-state index is 0. The Kier molecular flexibility index (Phi) is 13.7. The topological polar surface area (TPSA) is 78.0 Å². The number of amides is 1. The summed E-state index contributed by atoms with van der Waals surface area (Å²) in [6.07, 6.45) is 0.951. The smallest absolute Gasteiger partial charge is 0.241 e. The number of benzene rings is 1. The van der Waals surface area contributed by atoms with Gasteiger partial charge in [0.1, 0.15) is 6.54 Å². The van der Waals surface area contributed by atoms with Crippen LogP contribution in [-0.2, 0) is 16.0 Å². The lowest BCUT2D eigenvalue weighted by Gasteiger charge is -2.34. The summed E-state index contributed by atoms with van der Waals surface area (Å²) in [6.45, 7) is 12.4. The number of ether oxygens (including phenoxy) is 1. The third-order valence-electron chi connectivity index (χ3n) is 4.65. The van der Waals surface area contributed by atoms with Crippen LogP contribution in [0.2, 0.25) is 0 Å². The first-order chi connectivity index (χ1) is 14.1. The Morgan fingerprint density at radius 1 is 1.23 bits per heavy atom. The van der Waals surface area contributed by atoms with Gasteiger partial charge in [0.15, 0.2) is 5.96 Å². The van der Waals surface area contributed by atoms with Crippen molar-refractivity contribution in [3.63, 3.8) is 0 Å². The van der Waals surface area contributed by atoms with Crippen LogP contribution in [0, 0.1) is 5.92 Å². The lowest BCUT2D eigenvalue weighted by Crippen LogP contribution is -2.50. The van der Waals surface area contributed by atoms with E-state index in [1.807, 2.05) is 25.1 Å². The molecule has 3 N–H and O–H groups in total. The summed E-state index contributed by atoms with van der Waals surface area (Å²) in [5.41, 5.74) is 1.21. The number of halogens is 1. The van der Waals surface area contributed by atoms with Gasteiger partial charge in [0, 0.05) is 39.3 Å². The van der Waals surface area contributed by atoms with Crippen LogP contribution in [0.15, 0.2) is 35.3 Å². The van der Waals surface area contributed by atoms with Gasteiger partial charge < -0.3 is 20.7 Å². The van der Waals surface area contributed by atoms with Crippen LogP contribution in [0.25, 0.3) is 0 Å². The van der Waals surface area contributed by atoms with Crippen molar-refractivity contribution in [2.45, 2.75) is 33.3 Å². The van der Waals surface area contributed by atoms with Crippen LogP contribution in [-0.4, -0.2) is 75.3 Å². The number of guanidine groups is 1. The number of aliphatic imine (C=N–C) groups is 1. The van der Waals surface area contributed by atoms with E-state index in [-0.39, 0.29) is 42.5 Å². The maximum atomic E-state index is 12.1. The largest absolute Gasteiger partial charge is 0.374 e. The normalized spacial score (nSPS) is 17.3. The standard InChI is InChI=1S/C22H37N5O2.HI/c1-4-23-22(25-14-20-17-27(12-13-29-20)16-18(2)3)26-15-21(28)24-11-10-19-8-6-5-7-9-19;/h5-9,18,20H,4,10-17H2,1-3H3,(H,24,28)(H2,23,25,26);1H. The Balaban J connectivity index is 0.00000450. The third kappa shape index (κ3) is 11.1. The van der Waals surface area contributed by atoms with E-state index in [1.54, 1.807) is 0 Å². The van der Waals surface area contributed by atoms with Crippen LogP contribution < -0.4 is 16.0 Å². The molecule has 0 saturated carbocycles. The maximum absolute atomic E-state index is 12.1. The number of nitrogens with zero attached hydrogens (tertiary/aromatic N) is 2. The summed E-state index contributed by atoms with van der Waals surface area (Å²) in [7, 11) is 0. The number of morpholine rings is 1. The fourth-order valence-electron chi connectivity index (χ4n) is 3.34. The van der Waals surface area contributed by atoms with Crippen LogP contribution in [0.5, 0.6) is 0 Å². The Labute approximate surface area is 198 Å². The van der Waals surface area contributed by atoms with E-state index in [2.05, 4.69) is 51.8 Å². The second-order valence-electron chi connectivity index (χ2n) is 7.81. The second-order valence-corrected chi connectivity index (χ2v) is 7.81. The van der Waals surface area contributed by atoms with Gasteiger partial charge >= 0.3 is 0 Å². The van der Waals surface area contributed by atoms with Crippen LogP contribution in [0.3, 0.4) is 0 Å². The molecule has 30 heavy (non-hydrogen) atoms. The van der Waals surface area contributed by atoms with Crippen molar-refractivity contribution < 1.29 is 9.53 Å². The van der Waals surface area contributed by atoms with Gasteiger partial charge in [-0.2, -0.15) is 0 Å². The first-order valence-corrected chi connectivity index (χ1v) is 10.7. The molecule has 0 aliphatic carbocycles. The Morgan fingerprint density at radius 3 is 2.70 bits per heavy atom. The first-order valence-electron chi connectivity index (χ1n) is 10.7. The summed E-state index contributed by atoms with van der Waals surface area (Å²) >= 11 is 0. The molecule has 1 fully saturated rings. The lowest BCUT2D eigenvalue weighted by molar-refractivity contribution is -0.119. The minimum atomic E-state index is -0.0739. The molecule has 1 amide bonds. The molecule has 8 heteroatoms. The Morgan fingerprint density at radius 2 is 2.00 bits per heavy atom. The number of carbonyl (C=O) groups is 1. The molecule has 0 aromatic heterocycles. The monoisotopic (exact) mass is 531 g/mol. The Hall–Kier alpha value is -1.39. The molecule has 1 aliphatic rings. The van der Waals surface area contributed by atoms with Crippen LogP contribution in [0.4, 0.5) is 0 Å². The van der Waals surface area contributed by atoms with Crippen molar-refractivity contribution in [2.75, 3.05) is 52.4 Å². The van der Waals surface area contributed by atoms with Gasteiger partial charge in [0.05, 0.1) is 12.7 Å². The molecular formula is C22H38IN5O2. The zero-order valence-corrected chi connectivity index (χ0v) is 20.9. The predicted molar refractivity (Wildman–Crippen MR) is 134 cm³/mol. The SMILES string of the molecule is CCNC(=NCC(=O)NCCc1ccccc1)NCC1CN(CC(C)C)CCO1.I. The van der Waals surface area contributed by atoms with Crippen LogP contribution >= 0.6 is 24.0 Å². The van der Waals surface area contributed by atoms with Crippen LogP contribution in [0.1, 0.15) is 26.3 Å². The summed E-state index contributed by atoms with van der Waals surface area (Å²) in [5, 5.41) is 9.43. The first kappa shape index (κ1) is 26.6. The highest BCUT2D eigenvalue weighted by atomic mass is 127. The molecule has 7 nitrogen and oxygen atoms in total. The van der Waals surface area contributed by atoms with Gasteiger partial charge in [0.2, 0.25) is 5.91 Å². The van der Waals surface area contributed by atoms with Crippen molar-refractivity contribution in [1.29, 1.82) is 0 Å². The molecule has 1 heterocycles. The molecule has 2 rings (SSSR count). The van der Waals surface area contributed by atoms with Crippen molar-refractivity contribution >= 4 is 35.8 Å². The zero-order chi connectivity index (χ0) is 20.9. The number of rotatable bonds is 10. The van der Waals surface area contributed by atoms with E-state index >= 15 is 0 Å². The van der Waals surface area contributed by atoms with E-state index in [9.17, 15) is 4.79 Å². The molecular weight excluding hydrogens is 493 g/mol. The molecule has 170 valence electrons. The van der Waals surface area contributed by atoms with Gasteiger partial charge in [-0.25, -0.2) is 4.99 Å². The fraction of sp³-hybridized carbons (Fsp3) is 0.636. The maximum Gasteiger partial charge on any atom is 0.241 e. The summed E-state index contributed by atoms with van der Waals surface area (Å²) in [5.74, 6) is 1.23. The number of hydrogen-bond acceptors (Lipinski definition) is 4. The van der Waals surface area contributed by atoms with Gasteiger partial charge in [0.25, 0.3) is 0 Å². The van der Waals surface area contributed by atoms with Crippen molar-refractivity contribution in [3.8, 4) is 0 Å². The number of carbonyl (C=O) groups excluding carboxylic acids is 1. The number of nitrogens with one attached hydrogen (secondary N) is 3. The summed E-state index contributed by atoms with van der Waals surface area (Å²) in [4.78, 5) is 18.9. The molecule has 0 spiro atoms. The van der Waals surface area contributed by atoms with Crippen molar-refractivity contribution in [3.05, 3.63) is 35.9 Å². The molecule has 1 atom stereocenters. The molecule has 1 aromatic carbocycles. The van der Waals surface area contributed by atoms with Gasteiger partial charge in [-0.05, 0) is 24.8 Å². The Bertz CT molecular complexity index is 627. The minimum Gasteiger partial charge on any atom is -0.374 e. The molecule has 0 radical (unpaired) electrons. The summed E-state index contributed by atoms with van der Waals surface area (Å²) < 4.78 is 5.87. The molecule has 1 aliphatic heterocycles. The zero-order valence-electron chi connectivity index (χ0n) is 18.5.